The Bertz CT molecular complexity index is 913. The summed E-state index contributed by atoms with van der Waals surface area (Å²) in [7, 11) is 1.95. The Labute approximate surface area is 140 Å². The second kappa shape index (κ2) is 6.20. The molecule has 3 aromatic rings. The first-order valence-electron chi connectivity index (χ1n) is 8.41. The van der Waals surface area contributed by atoms with Gasteiger partial charge in [-0.1, -0.05) is 12.1 Å². The summed E-state index contributed by atoms with van der Waals surface area (Å²) in [6.07, 6.45) is 7.16. The molecule has 1 atom stereocenters. The van der Waals surface area contributed by atoms with Crippen LogP contribution in [0.1, 0.15) is 30.3 Å². The number of hydrogen-bond donors (Lipinski definition) is 1. The van der Waals surface area contributed by atoms with Crippen molar-refractivity contribution in [1.82, 2.24) is 24.6 Å². The van der Waals surface area contributed by atoms with Gasteiger partial charge in [0, 0.05) is 37.8 Å². The van der Waals surface area contributed by atoms with Crippen molar-refractivity contribution < 1.29 is 0 Å². The van der Waals surface area contributed by atoms with Crippen LogP contribution in [0.15, 0.2) is 41.5 Å². The molecule has 1 aliphatic heterocycles. The van der Waals surface area contributed by atoms with Gasteiger partial charge >= 0.3 is 0 Å². The van der Waals surface area contributed by atoms with Gasteiger partial charge in [-0.15, -0.1) is 0 Å². The number of para-hydroxylation sites is 1. The maximum Gasteiger partial charge on any atom is 0.258 e. The highest BCUT2D eigenvalue weighted by molar-refractivity contribution is 5.77. The van der Waals surface area contributed by atoms with Crippen molar-refractivity contribution in [3.63, 3.8) is 0 Å². The summed E-state index contributed by atoms with van der Waals surface area (Å²) in [4.78, 5) is 22.2. The van der Waals surface area contributed by atoms with E-state index >= 15 is 0 Å². The van der Waals surface area contributed by atoms with Crippen molar-refractivity contribution in [2.24, 2.45) is 7.05 Å². The molecule has 124 valence electrons. The minimum absolute atomic E-state index is 0.0548. The number of benzene rings is 1. The maximum absolute atomic E-state index is 12.2. The van der Waals surface area contributed by atoms with E-state index in [2.05, 4.69) is 26.2 Å². The van der Waals surface area contributed by atoms with Gasteiger partial charge in [0.25, 0.3) is 5.56 Å². The Morgan fingerprint density at radius 1 is 1.33 bits per heavy atom. The van der Waals surface area contributed by atoms with Crippen LogP contribution in [0.25, 0.3) is 10.9 Å². The zero-order valence-electron chi connectivity index (χ0n) is 13.8. The van der Waals surface area contributed by atoms with Crippen molar-refractivity contribution in [1.29, 1.82) is 0 Å². The highest BCUT2D eigenvalue weighted by Gasteiger charge is 2.26. The quantitative estimate of drug-likeness (QED) is 0.798. The molecule has 3 heterocycles. The predicted octanol–water partition coefficient (Wildman–Crippen LogP) is 2.04. The number of hydrogen-bond acceptors (Lipinski definition) is 4. The Morgan fingerprint density at radius 2 is 2.21 bits per heavy atom. The minimum Gasteiger partial charge on any atom is -0.310 e. The maximum atomic E-state index is 12.2. The van der Waals surface area contributed by atoms with Crippen molar-refractivity contribution in [2.45, 2.75) is 25.3 Å². The molecule has 0 saturated carbocycles. The van der Waals surface area contributed by atoms with Crippen LogP contribution in [-0.2, 0) is 13.5 Å². The second-order valence-corrected chi connectivity index (χ2v) is 6.42. The van der Waals surface area contributed by atoms with Crippen LogP contribution in [0.2, 0.25) is 0 Å². The van der Waals surface area contributed by atoms with E-state index in [0.717, 1.165) is 37.3 Å². The van der Waals surface area contributed by atoms with Crippen LogP contribution in [-0.4, -0.2) is 37.7 Å². The monoisotopic (exact) mass is 323 g/mol. The van der Waals surface area contributed by atoms with Crippen LogP contribution in [0.3, 0.4) is 0 Å². The second-order valence-electron chi connectivity index (χ2n) is 6.42. The van der Waals surface area contributed by atoms with Gasteiger partial charge in [-0.25, -0.2) is 4.98 Å². The smallest absolute Gasteiger partial charge is 0.258 e. The van der Waals surface area contributed by atoms with Crippen LogP contribution < -0.4 is 5.56 Å². The summed E-state index contributed by atoms with van der Waals surface area (Å²) in [5.74, 6) is 0.760. The molecule has 0 unspecified atom stereocenters. The van der Waals surface area contributed by atoms with Crippen molar-refractivity contribution in [3.8, 4) is 0 Å². The molecule has 0 bridgehead atoms. The van der Waals surface area contributed by atoms with E-state index in [4.69, 9.17) is 0 Å². The fourth-order valence-electron chi connectivity index (χ4n) is 3.59. The summed E-state index contributed by atoms with van der Waals surface area (Å²) in [5.41, 5.74) is 1.98. The fraction of sp³-hybridized carbons (Fsp3) is 0.389. The standard InChI is InChI=1S/C18H21N5O/c1-22-12-13(11-19-22)16-7-4-9-23(16)10-8-17-20-15-6-3-2-5-14(15)18(24)21-17/h2-3,5-6,11-12,16H,4,7-10H2,1H3,(H,20,21,24)/t16-/m1/s1. The SMILES string of the molecule is Cn1cc([C@H]2CCCN2CCc2nc3ccccc3c(=O)[nH]2)cn1. The molecule has 6 nitrogen and oxygen atoms in total. The number of aryl methyl sites for hydroxylation is 1. The summed E-state index contributed by atoms with van der Waals surface area (Å²) in [5, 5.41) is 4.94. The highest BCUT2D eigenvalue weighted by atomic mass is 16.1. The first-order valence-corrected chi connectivity index (χ1v) is 8.41. The van der Waals surface area contributed by atoms with Gasteiger partial charge in [-0.2, -0.15) is 5.10 Å². The van der Waals surface area contributed by atoms with Crippen molar-refractivity contribution >= 4 is 10.9 Å². The summed E-state index contributed by atoms with van der Waals surface area (Å²) in [6.45, 7) is 1.97. The van der Waals surface area contributed by atoms with Gasteiger partial charge in [0.15, 0.2) is 0 Å². The normalized spacial score (nSPS) is 18.5. The van der Waals surface area contributed by atoms with Crippen LogP contribution in [0.5, 0.6) is 0 Å². The molecule has 24 heavy (non-hydrogen) atoms. The molecule has 1 saturated heterocycles. The topological polar surface area (TPSA) is 66.8 Å². The predicted molar refractivity (Wildman–Crippen MR) is 92.8 cm³/mol. The Kier molecular flexibility index (Phi) is 3.90. The molecule has 1 aliphatic rings. The summed E-state index contributed by atoms with van der Waals surface area (Å²) < 4.78 is 1.86. The molecule has 1 fully saturated rings. The molecular weight excluding hydrogens is 302 g/mol. The van der Waals surface area contributed by atoms with Crippen molar-refractivity contribution in [3.05, 3.63) is 58.4 Å². The van der Waals surface area contributed by atoms with E-state index in [1.807, 2.05) is 42.2 Å². The molecule has 0 aliphatic carbocycles. The first-order chi connectivity index (χ1) is 11.7. The molecule has 2 aromatic heterocycles. The lowest BCUT2D eigenvalue weighted by atomic mass is 10.1. The Hall–Kier alpha value is -2.47. The first kappa shape index (κ1) is 15.1. The molecule has 4 rings (SSSR count). The van der Waals surface area contributed by atoms with Gasteiger partial charge in [-0.3, -0.25) is 14.4 Å². The number of rotatable bonds is 4. The Balaban J connectivity index is 1.51. The van der Waals surface area contributed by atoms with E-state index in [0.29, 0.717) is 11.4 Å². The van der Waals surface area contributed by atoms with Gasteiger partial charge in [0.2, 0.25) is 0 Å². The third kappa shape index (κ3) is 2.85. The van der Waals surface area contributed by atoms with Gasteiger partial charge in [-0.05, 0) is 31.5 Å². The zero-order chi connectivity index (χ0) is 16.5. The minimum atomic E-state index is -0.0548. The number of aromatic nitrogens is 4. The third-order valence-corrected chi connectivity index (χ3v) is 4.77. The number of nitrogens with one attached hydrogen (secondary N) is 1. The van der Waals surface area contributed by atoms with Crippen LogP contribution >= 0.6 is 0 Å². The molecule has 1 aromatic carbocycles. The molecule has 0 amide bonds. The molecule has 0 spiro atoms. The number of nitrogens with zero attached hydrogens (tertiary/aromatic N) is 4. The van der Waals surface area contributed by atoms with Gasteiger partial charge in [0.05, 0.1) is 17.1 Å². The zero-order valence-corrected chi connectivity index (χ0v) is 13.8. The lowest BCUT2D eigenvalue weighted by Gasteiger charge is -2.23. The fourth-order valence-corrected chi connectivity index (χ4v) is 3.59. The van der Waals surface area contributed by atoms with Crippen LogP contribution in [0.4, 0.5) is 0 Å². The molecule has 1 N–H and O–H groups in total. The summed E-state index contributed by atoms with van der Waals surface area (Å²) in [6, 6.07) is 7.90. The average Bonchev–Trinajstić information content (AvgIpc) is 3.21. The van der Waals surface area contributed by atoms with E-state index in [9.17, 15) is 4.79 Å². The number of aromatic amines is 1. The third-order valence-electron chi connectivity index (χ3n) is 4.77. The molecular formula is C18H21N5O. The largest absolute Gasteiger partial charge is 0.310 e. The molecule has 6 heteroatoms. The van der Waals surface area contributed by atoms with E-state index in [1.54, 1.807) is 0 Å². The van der Waals surface area contributed by atoms with E-state index in [-0.39, 0.29) is 5.56 Å². The van der Waals surface area contributed by atoms with E-state index in [1.165, 1.54) is 12.0 Å². The van der Waals surface area contributed by atoms with Crippen molar-refractivity contribution in [2.75, 3.05) is 13.1 Å². The average molecular weight is 323 g/mol. The van der Waals surface area contributed by atoms with Gasteiger partial charge < -0.3 is 4.98 Å². The number of fused-ring (bicyclic) bond motifs is 1. The Morgan fingerprint density at radius 3 is 3.04 bits per heavy atom. The highest BCUT2D eigenvalue weighted by Crippen LogP contribution is 2.31. The number of H-pyrrole nitrogens is 1. The van der Waals surface area contributed by atoms with Crippen LogP contribution in [0, 0.1) is 0 Å². The number of likely N-dealkylation sites (tertiary alicyclic amines) is 1. The lowest BCUT2D eigenvalue weighted by molar-refractivity contribution is 0.259. The van der Waals surface area contributed by atoms with E-state index < -0.39 is 0 Å². The summed E-state index contributed by atoms with van der Waals surface area (Å²) >= 11 is 0. The van der Waals surface area contributed by atoms with Gasteiger partial charge in [0.1, 0.15) is 5.82 Å². The lowest BCUT2D eigenvalue weighted by Crippen LogP contribution is -2.26. The molecule has 0 radical (unpaired) electrons.